The summed E-state index contributed by atoms with van der Waals surface area (Å²) in [5.41, 5.74) is 0.389. The minimum atomic E-state index is -3.78. The number of carbonyl (C=O) groups is 1. The van der Waals surface area contributed by atoms with Crippen molar-refractivity contribution in [1.82, 2.24) is 0 Å². The molecule has 5 nitrogen and oxygen atoms in total. The minimum absolute atomic E-state index is 0.201. The van der Waals surface area contributed by atoms with Crippen LogP contribution in [0.1, 0.15) is 9.67 Å². The highest BCUT2D eigenvalue weighted by molar-refractivity contribution is 7.93. The van der Waals surface area contributed by atoms with Gasteiger partial charge in [0.15, 0.2) is 0 Å². The number of nitrogens with one attached hydrogen (secondary N) is 1. The zero-order valence-electron chi connectivity index (χ0n) is 13.3. The van der Waals surface area contributed by atoms with Crippen molar-refractivity contribution < 1.29 is 18.3 Å². The quantitative estimate of drug-likeness (QED) is 0.541. The van der Waals surface area contributed by atoms with Crippen LogP contribution in [0, 0.1) is 0 Å². The Morgan fingerprint density at radius 3 is 2.50 bits per heavy atom. The molecule has 7 heteroatoms. The third kappa shape index (κ3) is 2.91. The van der Waals surface area contributed by atoms with Gasteiger partial charge in [0.1, 0.15) is 4.88 Å². The Morgan fingerprint density at radius 1 is 0.923 bits per heavy atom. The summed E-state index contributed by atoms with van der Waals surface area (Å²) in [6.07, 6.45) is 0. The normalized spacial score (nSPS) is 11.7. The monoisotopic (exact) mass is 383 g/mol. The number of rotatable bonds is 4. The van der Waals surface area contributed by atoms with Gasteiger partial charge in [-0.1, -0.05) is 36.4 Å². The molecule has 0 saturated heterocycles. The smallest absolute Gasteiger partial charge is 0.345 e. The third-order valence-electron chi connectivity index (χ3n) is 4.02. The van der Waals surface area contributed by atoms with Crippen LogP contribution in [-0.4, -0.2) is 19.5 Å². The van der Waals surface area contributed by atoms with Crippen molar-refractivity contribution in [2.24, 2.45) is 0 Å². The summed E-state index contributed by atoms with van der Waals surface area (Å²) in [7, 11) is -3.78. The lowest BCUT2D eigenvalue weighted by molar-refractivity contribution is 0.0702. The number of hydrogen-bond acceptors (Lipinski definition) is 4. The summed E-state index contributed by atoms with van der Waals surface area (Å²) in [5, 5.41) is 11.3. The molecule has 4 aromatic rings. The molecule has 26 heavy (non-hydrogen) atoms. The highest BCUT2D eigenvalue weighted by Crippen LogP contribution is 2.30. The van der Waals surface area contributed by atoms with E-state index in [1.807, 2.05) is 18.2 Å². The Kier molecular flexibility index (Phi) is 3.90. The lowest BCUT2D eigenvalue weighted by atomic mass is 10.1. The van der Waals surface area contributed by atoms with Crippen molar-refractivity contribution in [1.29, 1.82) is 0 Å². The van der Waals surface area contributed by atoms with Gasteiger partial charge in [-0.25, -0.2) is 13.2 Å². The second-order valence-electron chi connectivity index (χ2n) is 5.75. The number of carboxylic acids is 1. The van der Waals surface area contributed by atoms with Gasteiger partial charge in [0.05, 0.1) is 4.90 Å². The van der Waals surface area contributed by atoms with E-state index in [2.05, 4.69) is 4.72 Å². The zero-order chi connectivity index (χ0) is 18.3. The van der Waals surface area contributed by atoms with Crippen molar-refractivity contribution >= 4 is 53.9 Å². The van der Waals surface area contributed by atoms with E-state index in [0.717, 1.165) is 21.4 Å². The highest BCUT2D eigenvalue weighted by Gasteiger charge is 2.18. The van der Waals surface area contributed by atoms with Crippen LogP contribution >= 0.6 is 11.3 Å². The molecule has 0 atom stereocenters. The molecule has 0 saturated carbocycles. The first-order valence-corrected chi connectivity index (χ1v) is 10.0. The molecule has 4 rings (SSSR count). The van der Waals surface area contributed by atoms with Crippen LogP contribution in [0.25, 0.3) is 20.9 Å². The number of aromatic carboxylic acids is 1. The fraction of sp³-hybridized carbons (Fsp3) is 0. The molecule has 0 spiro atoms. The van der Waals surface area contributed by atoms with Crippen molar-refractivity contribution in [3.05, 3.63) is 71.6 Å². The highest BCUT2D eigenvalue weighted by atomic mass is 32.2. The first-order valence-electron chi connectivity index (χ1n) is 7.71. The maximum atomic E-state index is 12.9. The lowest BCUT2D eigenvalue weighted by Crippen LogP contribution is -2.13. The Hall–Kier alpha value is -2.90. The summed E-state index contributed by atoms with van der Waals surface area (Å²) >= 11 is 1.15. The van der Waals surface area contributed by atoms with E-state index in [1.54, 1.807) is 42.5 Å². The predicted octanol–water partition coefficient (Wildman–Crippen LogP) is 4.55. The van der Waals surface area contributed by atoms with Gasteiger partial charge in [0.2, 0.25) is 0 Å². The number of fused-ring (bicyclic) bond motifs is 2. The zero-order valence-corrected chi connectivity index (χ0v) is 15.0. The predicted molar refractivity (Wildman–Crippen MR) is 104 cm³/mol. The average Bonchev–Trinajstić information content (AvgIpc) is 3.04. The van der Waals surface area contributed by atoms with E-state index in [1.165, 1.54) is 6.07 Å². The number of hydrogen-bond donors (Lipinski definition) is 2. The third-order valence-corrected chi connectivity index (χ3v) is 6.56. The van der Waals surface area contributed by atoms with Crippen molar-refractivity contribution in [3.8, 4) is 0 Å². The maximum Gasteiger partial charge on any atom is 0.345 e. The molecular weight excluding hydrogens is 370 g/mol. The summed E-state index contributed by atoms with van der Waals surface area (Å²) < 4.78 is 29.1. The molecule has 1 aromatic heterocycles. The Labute approximate surface area is 153 Å². The molecule has 0 aliphatic rings. The summed E-state index contributed by atoms with van der Waals surface area (Å²) in [6.45, 7) is 0. The summed E-state index contributed by atoms with van der Waals surface area (Å²) in [6, 6.07) is 18.9. The number of anilines is 1. The van der Waals surface area contributed by atoms with Crippen molar-refractivity contribution in [3.63, 3.8) is 0 Å². The van der Waals surface area contributed by atoms with E-state index >= 15 is 0 Å². The van der Waals surface area contributed by atoms with Gasteiger partial charge in [0.25, 0.3) is 10.0 Å². The molecule has 1 heterocycles. The largest absolute Gasteiger partial charge is 0.477 e. The van der Waals surface area contributed by atoms with Gasteiger partial charge >= 0.3 is 5.97 Å². The van der Waals surface area contributed by atoms with Crippen LogP contribution in [0.3, 0.4) is 0 Å². The standard InChI is InChI=1S/C19H13NO4S2/c21-19(22)17-11-13-10-14(8-9-16(13)25-17)20-26(23,24)18-7-3-5-12-4-1-2-6-15(12)18/h1-11,20H,(H,21,22). The second kappa shape index (κ2) is 6.12. The molecule has 0 bridgehead atoms. The van der Waals surface area contributed by atoms with Gasteiger partial charge in [-0.15, -0.1) is 11.3 Å². The lowest BCUT2D eigenvalue weighted by Gasteiger charge is -2.10. The molecule has 0 aliphatic carbocycles. The summed E-state index contributed by atoms with van der Waals surface area (Å²) in [4.78, 5) is 11.5. The van der Waals surface area contributed by atoms with Crippen LogP contribution in [0.2, 0.25) is 0 Å². The molecule has 0 radical (unpaired) electrons. The van der Waals surface area contributed by atoms with E-state index in [4.69, 9.17) is 5.11 Å². The van der Waals surface area contributed by atoms with E-state index in [0.29, 0.717) is 16.5 Å². The van der Waals surface area contributed by atoms with Gasteiger partial charge in [-0.2, -0.15) is 0 Å². The van der Waals surface area contributed by atoms with E-state index < -0.39 is 16.0 Å². The van der Waals surface area contributed by atoms with Crippen LogP contribution in [0.15, 0.2) is 71.6 Å². The molecule has 3 aromatic carbocycles. The first kappa shape index (κ1) is 16.6. The number of carboxylic acid groups (broad SMARTS) is 1. The van der Waals surface area contributed by atoms with E-state index in [9.17, 15) is 13.2 Å². The van der Waals surface area contributed by atoms with Gasteiger partial charge in [0, 0.05) is 15.8 Å². The van der Waals surface area contributed by atoms with Crippen molar-refractivity contribution in [2.75, 3.05) is 4.72 Å². The van der Waals surface area contributed by atoms with Crippen LogP contribution < -0.4 is 4.72 Å². The van der Waals surface area contributed by atoms with E-state index in [-0.39, 0.29) is 9.77 Å². The van der Waals surface area contributed by atoms with Crippen LogP contribution in [-0.2, 0) is 10.0 Å². The second-order valence-corrected chi connectivity index (χ2v) is 8.49. The molecular formula is C19H13NO4S2. The van der Waals surface area contributed by atoms with Gasteiger partial charge in [-0.05, 0) is 41.1 Å². The molecule has 0 aliphatic heterocycles. The Bertz CT molecular complexity index is 1250. The molecule has 0 amide bonds. The number of sulfonamides is 1. The van der Waals surface area contributed by atoms with Crippen molar-refractivity contribution in [2.45, 2.75) is 4.90 Å². The maximum absolute atomic E-state index is 12.9. The Balaban J connectivity index is 1.75. The first-order chi connectivity index (χ1) is 12.4. The van der Waals surface area contributed by atoms with Gasteiger partial charge < -0.3 is 5.11 Å². The molecule has 0 fully saturated rings. The SMILES string of the molecule is O=C(O)c1cc2cc(NS(=O)(=O)c3cccc4ccccc34)ccc2s1. The fourth-order valence-electron chi connectivity index (χ4n) is 2.85. The van der Waals surface area contributed by atoms with Crippen LogP contribution in [0.5, 0.6) is 0 Å². The minimum Gasteiger partial charge on any atom is -0.477 e. The topological polar surface area (TPSA) is 83.5 Å². The average molecular weight is 383 g/mol. The number of thiophene rings is 1. The summed E-state index contributed by atoms with van der Waals surface area (Å²) in [5.74, 6) is -0.996. The fourth-order valence-corrected chi connectivity index (χ4v) is 5.01. The Morgan fingerprint density at radius 2 is 1.69 bits per heavy atom. The molecule has 130 valence electrons. The van der Waals surface area contributed by atoms with Gasteiger partial charge in [-0.3, -0.25) is 4.72 Å². The molecule has 0 unspecified atom stereocenters. The molecule has 2 N–H and O–H groups in total. The van der Waals surface area contributed by atoms with Crippen LogP contribution in [0.4, 0.5) is 5.69 Å². The number of benzene rings is 3.